The third-order valence-electron chi connectivity index (χ3n) is 14.6. The molecule has 3 saturated carbocycles. The van der Waals surface area contributed by atoms with Gasteiger partial charge in [-0.05, 0) is 84.1 Å². The molecule has 0 aromatic heterocycles. The number of phenols is 2. The molecule has 5 aliphatic carbocycles. The Kier molecular flexibility index (Phi) is 7.46. The highest BCUT2D eigenvalue weighted by Gasteiger charge is 2.77. The molecule has 1 aromatic rings. The van der Waals surface area contributed by atoms with Crippen molar-refractivity contribution in [1.82, 2.24) is 0 Å². The fourth-order valence-corrected chi connectivity index (χ4v) is 11.9. The first-order valence-electron chi connectivity index (χ1n) is 17.5. The first-order chi connectivity index (χ1) is 21.9. The monoisotopic (exact) mass is 656 g/mol. The maximum atomic E-state index is 14.5. The third-order valence-corrected chi connectivity index (χ3v) is 14.6. The molecule has 0 amide bonds. The summed E-state index contributed by atoms with van der Waals surface area (Å²) < 4.78 is 6.51. The molecule has 7 rings (SSSR count). The van der Waals surface area contributed by atoms with Crippen molar-refractivity contribution in [3.63, 3.8) is 0 Å². The van der Waals surface area contributed by atoms with Gasteiger partial charge in [0.05, 0.1) is 29.5 Å². The van der Waals surface area contributed by atoms with Crippen LogP contribution in [0.2, 0.25) is 0 Å². The zero-order valence-corrected chi connectivity index (χ0v) is 28.1. The summed E-state index contributed by atoms with van der Waals surface area (Å²) in [5, 5.41) is 91.7. The van der Waals surface area contributed by atoms with Gasteiger partial charge in [0.25, 0.3) is 0 Å². The van der Waals surface area contributed by atoms with Gasteiger partial charge in [0.1, 0.15) is 23.2 Å². The predicted molar refractivity (Wildman–Crippen MR) is 170 cm³/mol. The minimum atomic E-state index is -1.64. The van der Waals surface area contributed by atoms with E-state index in [-0.39, 0.29) is 73.7 Å². The van der Waals surface area contributed by atoms with Crippen molar-refractivity contribution in [3.05, 3.63) is 34.9 Å². The van der Waals surface area contributed by atoms with Crippen LogP contribution in [0.15, 0.2) is 23.8 Å². The number of ether oxygens (including phenoxy) is 1. The van der Waals surface area contributed by atoms with E-state index in [1.54, 1.807) is 0 Å². The quantitative estimate of drug-likeness (QED) is 0.234. The number of phenolic OH excluding ortho intramolecular Hbond substituents is 2. The first kappa shape index (κ1) is 33.4. The van der Waals surface area contributed by atoms with Crippen LogP contribution in [0.3, 0.4) is 0 Å². The Morgan fingerprint density at radius 2 is 1.72 bits per heavy atom. The molecule has 10 heteroatoms. The Hall–Kier alpha value is -2.05. The van der Waals surface area contributed by atoms with Crippen LogP contribution in [0.5, 0.6) is 11.5 Å². The second-order valence-corrected chi connectivity index (χ2v) is 16.9. The van der Waals surface area contributed by atoms with Crippen LogP contribution in [-0.2, 0) is 16.0 Å². The number of aliphatic hydroxyl groups is 6. The van der Waals surface area contributed by atoms with Crippen molar-refractivity contribution in [2.75, 3.05) is 6.61 Å². The van der Waals surface area contributed by atoms with Crippen LogP contribution in [0.25, 0.3) is 0 Å². The highest BCUT2D eigenvalue weighted by atomic mass is 16.5. The molecule has 1 heterocycles. The lowest BCUT2D eigenvalue weighted by Crippen LogP contribution is -2.67. The Morgan fingerprint density at radius 3 is 2.38 bits per heavy atom. The Labute approximate surface area is 276 Å². The zero-order valence-electron chi connectivity index (χ0n) is 28.1. The Bertz CT molecular complexity index is 1510. The molecule has 1 aliphatic heterocycles. The predicted octanol–water partition coefficient (Wildman–Crippen LogP) is 2.46. The van der Waals surface area contributed by atoms with Crippen molar-refractivity contribution in [2.45, 2.75) is 127 Å². The minimum absolute atomic E-state index is 0.0286. The first-order valence-corrected chi connectivity index (χ1v) is 17.5. The van der Waals surface area contributed by atoms with Gasteiger partial charge in [-0.1, -0.05) is 34.6 Å². The average molecular weight is 657 g/mol. The van der Waals surface area contributed by atoms with Gasteiger partial charge >= 0.3 is 0 Å². The molecular formula is C37H52O10. The molecule has 1 saturated heterocycles. The van der Waals surface area contributed by atoms with Gasteiger partial charge in [0.15, 0.2) is 5.78 Å². The van der Waals surface area contributed by atoms with Gasteiger partial charge < -0.3 is 45.6 Å². The molecule has 0 bridgehead atoms. The van der Waals surface area contributed by atoms with Crippen LogP contribution in [0, 0.1) is 40.4 Å². The molecule has 0 radical (unpaired) electrons. The maximum absolute atomic E-state index is 14.5. The van der Waals surface area contributed by atoms with Crippen molar-refractivity contribution in [3.8, 4) is 11.5 Å². The van der Waals surface area contributed by atoms with Gasteiger partial charge in [-0.15, -0.1) is 0 Å². The van der Waals surface area contributed by atoms with Crippen LogP contribution in [0.1, 0.15) is 90.2 Å². The average Bonchev–Trinajstić information content (AvgIpc) is 3.40. The number of hydrogen-bond donors (Lipinski definition) is 8. The van der Waals surface area contributed by atoms with Crippen molar-refractivity contribution >= 4 is 5.78 Å². The molecule has 8 N–H and O–H groups in total. The Morgan fingerprint density at radius 1 is 1.02 bits per heavy atom. The van der Waals surface area contributed by atoms with Gasteiger partial charge in [-0.2, -0.15) is 0 Å². The number of rotatable bonds is 5. The van der Waals surface area contributed by atoms with E-state index in [1.807, 2.05) is 34.6 Å². The molecule has 4 fully saturated rings. The lowest BCUT2D eigenvalue weighted by Gasteiger charge is -2.64. The van der Waals surface area contributed by atoms with Crippen LogP contribution < -0.4 is 0 Å². The summed E-state index contributed by atoms with van der Waals surface area (Å²) in [5.41, 5.74) is -5.06. The highest BCUT2D eigenvalue weighted by Crippen LogP contribution is 2.73. The van der Waals surface area contributed by atoms with E-state index in [9.17, 15) is 45.6 Å². The van der Waals surface area contributed by atoms with E-state index in [1.165, 1.54) is 18.2 Å². The maximum Gasteiger partial charge on any atom is 0.160 e. The molecular weight excluding hydrogens is 604 g/mol. The van der Waals surface area contributed by atoms with Gasteiger partial charge in [-0.25, -0.2) is 0 Å². The lowest BCUT2D eigenvalue weighted by molar-refractivity contribution is -0.202. The van der Waals surface area contributed by atoms with E-state index in [4.69, 9.17) is 4.74 Å². The summed E-state index contributed by atoms with van der Waals surface area (Å²) in [6, 6.07) is 2.74. The zero-order chi connectivity index (χ0) is 34.2. The molecule has 47 heavy (non-hydrogen) atoms. The second kappa shape index (κ2) is 10.5. The number of aliphatic hydroxyl groups excluding tert-OH is 3. The summed E-state index contributed by atoms with van der Waals surface area (Å²) in [5.74, 6) is -3.26. The summed E-state index contributed by atoms with van der Waals surface area (Å²) in [6.45, 7) is 9.46. The van der Waals surface area contributed by atoms with Gasteiger partial charge in [0.2, 0.25) is 0 Å². The number of aromatic hydroxyl groups is 2. The Balaban J connectivity index is 1.32. The molecule has 14 atom stereocenters. The highest BCUT2D eigenvalue weighted by molar-refractivity contribution is 5.96. The molecule has 1 aromatic carbocycles. The fourth-order valence-electron chi connectivity index (χ4n) is 11.9. The number of hydrogen-bond acceptors (Lipinski definition) is 10. The number of carbonyl (C=O) groups excluding carboxylic acids is 1. The van der Waals surface area contributed by atoms with Crippen molar-refractivity contribution < 1.29 is 50.4 Å². The summed E-state index contributed by atoms with van der Waals surface area (Å²) in [7, 11) is 0. The van der Waals surface area contributed by atoms with E-state index in [0.29, 0.717) is 29.5 Å². The van der Waals surface area contributed by atoms with Gasteiger partial charge in [-0.3, -0.25) is 4.79 Å². The lowest BCUT2D eigenvalue weighted by atomic mass is 9.41. The molecule has 6 aliphatic rings. The summed E-state index contributed by atoms with van der Waals surface area (Å²) in [6.07, 6.45) is -0.565. The van der Waals surface area contributed by atoms with E-state index >= 15 is 0 Å². The van der Waals surface area contributed by atoms with E-state index in [0.717, 1.165) is 0 Å². The molecule has 260 valence electrons. The topological polar surface area (TPSA) is 188 Å². The van der Waals surface area contributed by atoms with Gasteiger partial charge in [0, 0.05) is 48.7 Å². The second-order valence-electron chi connectivity index (χ2n) is 16.9. The fraction of sp³-hybridized carbons (Fsp3) is 0.757. The standard InChI is InChI=1S/C37H52O10/c1-17(2)18(3)30(43)32-36(45,10-11-38)31-26(47-32)15-37(46)23-14-25(41)29-28-21-12-19(39)13-24(40)20(21)6-9-35(28,44)27(42)16-33(29,4)22(23)7-8-34(31,37)5/h12-14,17-18,22,26-32,38-40,42-46H,6-11,15-16H2,1-5H3. The number of allylic oxidation sites excluding steroid dienone is 1. The molecule has 14 unspecified atom stereocenters. The third kappa shape index (κ3) is 4.12. The van der Waals surface area contributed by atoms with Crippen molar-refractivity contribution in [1.29, 1.82) is 0 Å². The van der Waals surface area contributed by atoms with Crippen molar-refractivity contribution in [2.24, 2.45) is 40.4 Å². The minimum Gasteiger partial charge on any atom is -0.508 e. The number of ketones is 1. The SMILES string of the molecule is CC(C)C(C)C(O)C1OC2CC3(O)C4=CC(=O)C5C6c7cc(O)cc(O)c7CCC6(O)C(O)CC5(C)C4CCC3(C)C2C1(O)CCO. The van der Waals surface area contributed by atoms with Crippen LogP contribution in [0.4, 0.5) is 0 Å². The number of fused-ring (bicyclic) bond motifs is 11. The number of benzene rings is 1. The number of carbonyl (C=O) groups is 1. The van der Waals surface area contributed by atoms with Crippen LogP contribution >= 0.6 is 0 Å². The normalized spacial score (nSPS) is 48.0. The summed E-state index contributed by atoms with van der Waals surface area (Å²) in [4.78, 5) is 14.5. The molecule has 0 spiro atoms. The molecule has 10 nitrogen and oxygen atoms in total. The van der Waals surface area contributed by atoms with E-state index < -0.39 is 69.8 Å². The largest absolute Gasteiger partial charge is 0.508 e. The summed E-state index contributed by atoms with van der Waals surface area (Å²) >= 11 is 0. The van der Waals surface area contributed by atoms with Crippen LogP contribution in [-0.4, -0.2) is 94.5 Å². The smallest absolute Gasteiger partial charge is 0.160 e. The van der Waals surface area contributed by atoms with E-state index in [2.05, 4.69) is 0 Å².